The lowest BCUT2D eigenvalue weighted by Crippen LogP contribution is -2.01. The van der Waals surface area contributed by atoms with Crippen molar-refractivity contribution >= 4 is 10.9 Å². The van der Waals surface area contributed by atoms with E-state index < -0.39 is 0 Å². The summed E-state index contributed by atoms with van der Waals surface area (Å²) in [6, 6.07) is 8.58. The summed E-state index contributed by atoms with van der Waals surface area (Å²) in [5.74, 6) is 0.421. The maximum atomic E-state index is 12.9. The molecule has 0 bridgehead atoms. The quantitative estimate of drug-likeness (QED) is 0.474. The van der Waals surface area contributed by atoms with Gasteiger partial charge in [0.25, 0.3) is 0 Å². The van der Waals surface area contributed by atoms with Gasteiger partial charge in [0.1, 0.15) is 0 Å². The summed E-state index contributed by atoms with van der Waals surface area (Å²) in [6.45, 7) is 10.3. The molecule has 0 aliphatic heterocycles. The fourth-order valence-corrected chi connectivity index (χ4v) is 3.48. The highest BCUT2D eigenvalue weighted by Gasteiger charge is 2.12. The summed E-state index contributed by atoms with van der Waals surface area (Å²) in [5.41, 5.74) is 6.69. The summed E-state index contributed by atoms with van der Waals surface area (Å²) in [5, 5.41) is 1.36. The molecule has 0 aliphatic rings. The normalized spacial score (nSPS) is 13.5. The Labute approximate surface area is 157 Å². The number of rotatable bonds is 8. The molecule has 1 N–H and O–H groups in total. The first kappa shape index (κ1) is 20.2. The number of para-hydroxylation sites is 1. The molecule has 1 atom stereocenters. The molecule has 2 aromatic rings. The highest BCUT2D eigenvalue weighted by molar-refractivity contribution is 5.84. The standard InChI is InChI=1S/C24H32FN/c1-6-21-22-12-7-8-13-23(22)26-24(21)15-14-18(4)16-20(17(2)3)11-9-10-19(5)25/h7-13,18,26H,6,14-16H2,1-5H3/b11-9-,19-10+. The van der Waals surface area contributed by atoms with Crippen molar-refractivity contribution in [3.63, 3.8) is 0 Å². The SMILES string of the molecule is CCc1c(CCC(C)CC(/C=C\C=C(/C)F)=C(C)C)[nH]c2ccccc12. The Bertz CT molecular complexity index is 812. The topological polar surface area (TPSA) is 15.8 Å². The van der Waals surface area contributed by atoms with Crippen molar-refractivity contribution in [2.75, 3.05) is 0 Å². The number of allylic oxidation sites excluding steroid dienone is 6. The molecule has 1 unspecified atom stereocenters. The first-order chi connectivity index (χ1) is 12.4. The number of fused-ring (bicyclic) bond motifs is 1. The Morgan fingerprint density at radius 1 is 1.19 bits per heavy atom. The zero-order valence-corrected chi connectivity index (χ0v) is 16.8. The molecule has 0 radical (unpaired) electrons. The van der Waals surface area contributed by atoms with Gasteiger partial charge in [0, 0.05) is 16.6 Å². The van der Waals surface area contributed by atoms with Gasteiger partial charge in [-0.3, -0.25) is 0 Å². The summed E-state index contributed by atoms with van der Waals surface area (Å²) in [7, 11) is 0. The van der Waals surface area contributed by atoms with Crippen LogP contribution in [0, 0.1) is 5.92 Å². The van der Waals surface area contributed by atoms with Gasteiger partial charge in [-0.05, 0) is 75.7 Å². The van der Waals surface area contributed by atoms with E-state index in [0.717, 1.165) is 25.7 Å². The Hall–Kier alpha value is -2.09. The van der Waals surface area contributed by atoms with E-state index in [9.17, 15) is 4.39 Å². The molecular weight excluding hydrogens is 321 g/mol. The van der Waals surface area contributed by atoms with Crippen LogP contribution in [0.2, 0.25) is 0 Å². The molecule has 0 spiro atoms. The summed E-state index contributed by atoms with van der Waals surface area (Å²) < 4.78 is 12.9. The van der Waals surface area contributed by atoms with Gasteiger partial charge in [0.05, 0.1) is 5.83 Å². The van der Waals surface area contributed by atoms with Crippen LogP contribution in [0.1, 0.15) is 58.7 Å². The molecule has 0 fully saturated rings. The molecule has 1 aromatic heterocycles. The van der Waals surface area contributed by atoms with Crippen molar-refractivity contribution < 1.29 is 4.39 Å². The molecule has 2 heteroatoms. The van der Waals surface area contributed by atoms with Crippen LogP contribution in [0.3, 0.4) is 0 Å². The zero-order chi connectivity index (χ0) is 19.1. The van der Waals surface area contributed by atoms with E-state index in [1.807, 2.05) is 6.08 Å². The molecule has 140 valence electrons. The Morgan fingerprint density at radius 3 is 2.58 bits per heavy atom. The van der Waals surface area contributed by atoms with Crippen molar-refractivity contribution in [3.05, 3.63) is 70.7 Å². The fraction of sp³-hybridized carbons (Fsp3) is 0.417. The van der Waals surface area contributed by atoms with Crippen LogP contribution in [0.5, 0.6) is 0 Å². The number of aromatic amines is 1. The molecule has 0 amide bonds. The number of hydrogen-bond acceptors (Lipinski definition) is 0. The Balaban J connectivity index is 2.04. The largest absolute Gasteiger partial charge is 0.358 e. The number of aromatic nitrogens is 1. The molecule has 1 nitrogen and oxygen atoms in total. The second kappa shape index (κ2) is 9.56. The van der Waals surface area contributed by atoms with Crippen LogP contribution in [0.4, 0.5) is 4.39 Å². The Kier molecular flexibility index (Phi) is 7.44. The summed E-state index contributed by atoms with van der Waals surface area (Å²) >= 11 is 0. The first-order valence-corrected chi connectivity index (χ1v) is 9.67. The third-order valence-electron chi connectivity index (χ3n) is 4.98. The molecule has 0 saturated carbocycles. The highest BCUT2D eigenvalue weighted by atomic mass is 19.1. The summed E-state index contributed by atoms with van der Waals surface area (Å²) in [4.78, 5) is 3.62. The number of aryl methyl sites for hydroxylation is 2. The van der Waals surface area contributed by atoms with Crippen LogP contribution < -0.4 is 0 Å². The second-order valence-corrected chi connectivity index (χ2v) is 7.47. The van der Waals surface area contributed by atoms with E-state index in [1.165, 1.54) is 46.3 Å². The number of nitrogens with one attached hydrogen (secondary N) is 1. The van der Waals surface area contributed by atoms with E-state index in [0.29, 0.717) is 5.92 Å². The van der Waals surface area contributed by atoms with Crippen molar-refractivity contribution in [1.82, 2.24) is 4.98 Å². The maximum absolute atomic E-state index is 12.9. The van der Waals surface area contributed by atoms with Crippen molar-refractivity contribution in [2.24, 2.45) is 5.92 Å². The van der Waals surface area contributed by atoms with Crippen LogP contribution >= 0.6 is 0 Å². The highest BCUT2D eigenvalue weighted by Crippen LogP contribution is 2.26. The van der Waals surface area contributed by atoms with Crippen LogP contribution in [0.15, 0.2) is 59.5 Å². The van der Waals surface area contributed by atoms with Gasteiger partial charge < -0.3 is 4.98 Å². The van der Waals surface area contributed by atoms with E-state index in [4.69, 9.17) is 0 Å². The summed E-state index contributed by atoms with van der Waals surface area (Å²) in [6.07, 6.45) is 9.69. The van der Waals surface area contributed by atoms with Crippen LogP contribution in [0.25, 0.3) is 10.9 Å². The molecule has 26 heavy (non-hydrogen) atoms. The fourth-order valence-electron chi connectivity index (χ4n) is 3.48. The van der Waals surface area contributed by atoms with Gasteiger partial charge in [-0.2, -0.15) is 0 Å². The van der Waals surface area contributed by atoms with Crippen molar-refractivity contribution in [2.45, 2.75) is 60.3 Å². The lowest BCUT2D eigenvalue weighted by molar-refractivity contribution is 0.527. The molecule has 1 heterocycles. The van der Waals surface area contributed by atoms with E-state index in [-0.39, 0.29) is 5.83 Å². The third-order valence-corrected chi connectivity index (χ3v) is 4.98. The van der Waals surface area contributed by atoms with Crippen molar-refractivity contribution in [3.8, 4) is 0 Å². The van der Waals surface area contributed by atoms with Gasteiger partial charge >= 0.3 is 0 Å². The van der Waals surface area contributed by atoms with Gasteiger partial charge in [-0.25, -0.2) is 4.39 Å². The minimum atomic E-state index is -0.159. The smallest absolute Gasteiger partial charge is 0.0968 e. The number of benzene rings is 1. The number of hydrogen-bond donors (Lipinski definition) is 1. The number of halogens is 1. The lowest BCUT2D eigenvalue weighted by Gasteiger charge is -2.14. The van der Waals surface area contributed by atoms with Crippen LogP contribution in [-0.4, -0.2) is 4.98 Å². The molecule has 1 aromatic carbocycles. The van der Waals surface area contributed by atoms with Gasteiger partial charge in [0.15, 0.2) is 0 Å². The minimum Gasteiger partial charge on any atom is -0.358 e. The first-order valence-electron chi connectivity index (χ1n) is 9.67. The number of H-pyrrole nitrogens is 1. The zero-order valence-electron chi connectivity index (χ0n) is 16.8. The lowest BCUT2D eigenvalue weighted by atomic mass is 9.92. The molecule has 0 aliphatic carbocycles. The van der Waals surface area contributed by atoms with Gasteiger partial charge in [-0.15, -0.1) is 0 Å². The molecule has 2 rings (SSSR count). The monoisotopic (exact) mass is 353 g/mol. The van der Waals surface area contributed by atoms with Gasteiger partial charge in [0.2, 0.25) is 0 Å². The van der Waals surface area contributed by atoms with Crippen molar-refractivity contribution in [1.29, 1.82) is 0 Å². The average Bonchev–Trinajstić information content (AvgIpc) is 2.96. The molecular formula is C24H32FN. The molecule has 0 saturated heterocycles. The predicted octanol–water partition coefficient (Wildman–Crippen LogP) is 7.46. The second-order valence-electron chi connectivity index (χ2n) is 7.47. The van der Waals surface area contributed by atoms with E-state index >= 15 is 0 Å². The van der Waals surface area contributed by atoms with E-state index in [1.54, 1.807) is 0 Å². The predicted molar refractivity (Wildman–Crippen MR) is 112 cm³/mol. The minimum absolute atomic E-state index is 0.159. The Morgan fingerprint density at radius 2 is 1.92 bits per heavy atom. The third kappa shape index (κ3) is 5.45. The average molecular weight is 354 g/mol. The van der Waals surface area contributed by atoms with E-state index in [2.05, 4.69) is 63.0 Å². The maximum Gasteiger partial charge on any atom is 0.0968 e. The van der Waals surface area contributed by atoms with Crippen LogP contribution in [-0.2, 0) is 12.8 Å². The van der Waals surface area contributed by atoms with Gasteiger partial charge in [-0.1, -0.05) is 49.8 Å².